The van der Waals surface area contributed by atoms with Gasteiger partial charge in [-0.25, -0.2) is 0 Å². The third kappa shape index (κ3) is 4.11. The molecule has 0 aliphatic carbocycles. The van der Waals surface area contributed by atoms with Gasteiger partial charge >= 0.3 is 0 Å². The van der Waals surface area contributed by atoms with E-state index in [1.165, 1.54) is 16.0 Å². The Bertz CT molecular complexity index is 500. The van der Waals surface area contributed by atoms with E-state index in [-0.39, 0.29) is 0 Å². The predicted octanol–water partition coefficient (Wildman–Crippen LogP) is 4.19. The molecule has 1 aromatic carbocycles. The largest absolute Gasteiger partial charge is 0.300 e. The fourth-order valence-electron chi connectivity index (χ4n) is 1.99. The van der Waals surface area contributed by atoms with E-state index < -0.39 is 0 Å². The summed E-state index contributed by atoms with van der Waals surface area (Å²) in [5.41, 5.74) is 2.53. The van der Waals surface area contributed by atoms with E-state index >= 15 is 0 Å². The molecule has 0 atom stereocenters. The first-order chi connectivity index (χ1) is 8.74. The number of hydrogen-bond acceptors (Lipinski definition) is 2. The van der Waals surface area contributed by atoms with Crippen molar-refractivity contribution in [2.24, 2.45) is 0 Å². The molecule has 0 aliphatic heterocycles. The van der Waals surface area contributed by atoms with Crippen LogP contribution in [0.5, 0.6) is 0 Å². The molecule has 0 spiro atoms. The molecule has 2 aromatic rings. The first-order valence-corrected chi connectivity index (χ1v) is 7.21. The SMILES string of the molecule is Cc1cccc(CCC(=O)CCc2cccs2)c1. The third-order valence-corrected chi connectivity index (χ3v) is 3.94. The second-order valence-corrected chi connectivity index (χ2v) is 5.64. The topological polar surface area (TPSA) is 17.1 Å². The van der Waals surface area contributed by atoms with E-state index in [9.17, 15) is 4.79 Å². The lowest BCUT2D eigenvalue weighted by Crippen LogP contribution is -2.01. The zero-order chi connectivity index (χ0) is 12.8. The summed E-state index contributed by atoms with van der Waals surface area (Å²) in [6, 6.07) is 12.5. The summed E-state index contributed by atoms with van der Waals surface area (Å²) < 4.78 is 0. The van der Waals surface area contributed by atoms with Gasteiger partial charge < -0.3 is 0 Å². The van der Waals surface area contributed by atoms with Crippen LogP contribution in [-0.2, 0) is 17.6 Å². The minimum absolute atomic E-state index is 0.366. The van der Waals surface area contributed by atoms with Crippen LogP contribution in [0.2, 0.25) is 0 Å². The number of benzene rings is 1. The maximum Gasteiger partial charge on any atom is 0.133 e. The van der Waals surface area contributed by atoms with Gasteiger partial charge in [-0.3, -0.25) is 4.79 Å². The minimum Gasteiger partial charge on any atom is -0.300 e. The number of carbonyl (C=O) groups excluding carboxylic acids is 1. The summed E-state index contributed by atoms with van der Waals surface area (Å²) in [5, 5.41) is 2.06. The average Bonchev–Trinajstić information content (AvgIpc) is 2.87. The highest BCUT2D eigenvalue weighted by molar-refractivity contribution is 7.09. The summed E-state index contributed by atoms with van der Waals surface area (Å²) in [6.07, 6.45) is 3.09. The van der Waals surface area contributed by atoms with E-state index in [0.717, 1.165) is 12.8 Å². The number of carbonyl (C=O) groups is 1. The summed E-state index contributed by atoms with van der Waals surface area (Å²) in [6.45, 7) is 2.09. The lowest BCUT2D eigenvalue weighted by atomic mass is 10.0. The molecule has 0 saturated heterocycles. The van der Waals surface area contributed by atoms with E-state index in [2.05, 4.69) is 42.6 Å². The molecular formula is C16H18OS. The average molecular weight is 258 g/mol. The van der Waals surface area contributed by atoms with Gasteiger partial charge in [0.25, 0.3) is 0 Å². The van der Waals surface area contributed by atoms with Gasteiger partial charge in [0, 0.05) is 17.7 Å². The highest BCUT2D eigenvalue weighted by atomic mass is 32.1. The minimum atomic E-state index is 0.366. The van der Waals surface area contributed by atoms with Crippen LogP contribution in [0.25, 0.3) is 0 Å². The molecule has 1 heterocycles. The smallest absolute Gasteiger partial charge is 0.133 e. The number of aryl methyl sites for hydroxylation is 3. The Labute approximate surface area is 112 Å². The molecule has 0 saturated carbocycles. The van der Waals surface area contributed by atoms with Crippen molar-refractivity contribution in [3.8, 4) is 0 Å². The molecule has 0 bridgehead atoms. The van der Waals surface area contributed by atoms with Gasteiger partial charge in [0.2, 0.25) is 0 Å². The highest BCUT2D eigenvalue weighted by Crippen LogP contribution is 2.13. The van der Waals surface area contributed by atoms with Gasteiger partial charge in [-0.05, 0) is 36.8 Å². The standard InChI is InChI=1S/C16H18OS/c1-13-4-2-5-14(12-13)7-8-15(17)9-10-16-6-3-11-18-16/h2-6,11-12H,7-10H2,1H3. The Morgan fingerprint density at radius 3 is 2.67 bits per heavy atom. The number of ketones is 1. The van der Waals surface area contributed by atoms with Crippen LogP contribution in [0.1, 0.15) is 28.8 Å². The second kappa shape index (κ2) is 6.50. The van der Waals surface area contributed by atoms with E-state index in [4.69, 9.17) is 0 Å². The van der Waals surface area contributed by atoms with Gasteiger partial charge in [-0.15, -0.1) is 11.3 Å². The number of hydrogen-bond donors (Lipinski definition) is 0. The first-order valence-electron chi connectivity index (χ1n) is 6.33. The monoisotopic (exact) mass is 258 g/mol. The van der Waals surface area contributed by atoms with Gasteiger partial charge in [-0.2, -0.15) is 0 Å². The van der Waals surface area contributed by atoms with Crippen molar-refractivity contribution >= 4 is 17.1 Å². The summed E-state index contributed by atoms with van der Waals surface area (Å²) in [5.74, 6) is 0.366. The number of rotatable bonds is 6. The van der Waals surface area contributed by atoms with Crippen LogP contribution >= 0.6 is 11.3 Å². The van der Waals surface area contributed by atoms with Crippen molar-refractivity contribution in [3.05, 3.63) is 57.8 Å². The van der Waals surface area contributed by atoms with Crippen LogP contribution in [0.4, 0.5) is 0 Å². The molecule has 0 amide bonds. The molecular weight excluding hydrogens is 240 g/mol. The predicted molar refractivity (Wildman–Crippen MR) is 77.1 cm³/mol. The molecule has 0 unspecified atom stereocenters. The quantitative estimate of drug-likeness (QED) is 0.759. The molecule has 94 valence electrons. The van der Waals surface area contributed by atoms with Crippen molar-refractivity contribution in [3.63, 3.8) is 0 Å². The zero-order valence-electron chi connectivity index (χ0n) is 10.7. The molecule has 18 heavy (non-hydrogen) atoms. The van der Waals surface area contributed by atoms with Crippen molar-refractivity contribution in [1.82, 2.24) is 0 Å². The molecule has 0 radical (unpaired) electrons. The summed E-state index contributed by atoms with van der Waals surface area (Å²) in [7, 11) is 0. The summed E-state index contributed by atoms with van der Waals surface area (Å²) in [4.78, 5) is 13.1. The number of thiophene rings is 1. The van der Waals surface area contributed by atoms with Crippen LogP contribution in [0.3, 0.4) is 0 Å². The Hall–Kier alpha value is -1.41. The molecule has 1 nitrogen and oxygen atoms in total. The molecule has 0 fully saturated rings. The molecule has 0 aliphatic rings. The first kappa shape index (κ1) is 13.0. The van der Waals surface area contributed by atoms with Crippen LogP contribution in [-0.4, -0.2) is 5.78 Å². The van der Waals surface area contributed by atoms with E-state index in [0.29, 0.717) is 18.6 Å². The Morgan fingerprint density at radius 2 is 1.94 bits per heavy atom. The molecule has 1 aromatic heterocycles. The fourth-order valence-corrected chi connectivity index (χ4v) is 2.70. The lowest BCUT2D eigenvalue weighted by Gasteiger charge is -2.02. The van der Waals surface area contributed by atoms with Gasteiger partial charge in [0.1, 0.15) is 5.78 Å². The van der Waals surface area contributed by atoms with E-state index in [1.807, 2.05) is 6.07 Å². The fraction of sp³-hybridized carbons (Fsp3) is 0.312. The lowest BCUT2D eigenvalue weighted by molar-refractivity contribution is -0.119. The maximum absolute atomic E-state index is 11.8. The third-order valence-electron chi connectivity index (χ3n) is 3.01. The van der Waals surface area contributed by atoms with Crippen molar-refractivity contribution in [1.29, 1.82) is 0 Å². The van der Waals surface area contributed by atoms with E-state index in [1.54, 1.807) is 11.3 Å². The number of Topliss-reactive ketones (excluding diaryl/α,β-unsaturated/α-hetero) is 1. The molecule has 2 rings (SSSR count). The maximum atomic E-state index is 11.8. The van der Waals surface area contributed by atoms with Gasteiger partial charge in [0.05, 0.1) is 0 Å². The summed E-state index contributed by atoms with van der Waals surface area (Å²) >= 11 is 1.73. The van der Waals surface area contributed by atoms with Crippen molar-refractivity contribution in [2.75, 3.05) is 0 Å². The van der Waals surface area contributed by atoms with Crippen LogP contribution < -0.4 is 0 Å². The normalized spacial score (nSPS) is 10.5. The molecule has 0 N–H and O–H groups in total. The molecule has 2 heteroatoms. The van der Waals surface area contributed by atoms with Crippen LogP contribution in [0.15, 0.2) is 41.8 Å². The zero-order valence-corrected chi connectivity index (χ0v) is 11.5. The second-order valence-electron chi connectivity index (χ2n) is 4.61. The Kier molecular flexibility index (Phi) is 4.71. The van der Waals surface area contributed by atoms with Crippen molar-refractivity contribution in [2.45, 2.75) is 32.6 Å². The van der Waals surface area contributed by atoms with Crippen molar-refractivity contribution < 1.29 is 4.79 Å². The Balaban J connectivity index is 1.75. The van der Waals surface area contributed by atoms with Gasteiger partial charge in [0.15, 0.2) is 0 Å². The van der Waals surface area contributed by atoms with Crippen LogP contribution in [0, 0.1) is 6.92 Å². The highest BCUT2D eigenvalue weighted by Gasteiger charge is 2.04. The van der Waals surface area contributed by atoms with Gasteiger partial charge in [-0.1, -0.05) is 35.9 Å². The Morgan fingerprint density at radius 1 is 1.11 bits per heavy atom.